The third kappa shape index (κ3) is 4.90. The van der Waals surface area contributed by atoms with Crippen LogP contribution >= 0.6 is 0 Å². The van der Waals surface area contributed by atoms with E-state index < -0.39 is 0 Å². The molecule has 0 aromatic carbocycles. The van der Waals surface area contributed by atoms with Crippen molar-refractivity contribution in [3.05, 3.63) is 36.3 Å². The minimum atomic E-state index is 0.0878. The Labute approximate surface area is 171 Å². The highest BCUT2D eigenvalue weighted by molar-refractivity contribution is 5.77. The van der Waals surface area contributed by atoms with Gasteiger partial charge < -0.3 is 15.0 Å². The van der Waals surface area contributed by atoms with Crippen molar-refractivity contribution in [3.63, 3.8) is 0 Å². The molecule has 2 fully saturated rings. The Morgan fingerprint density at radius 1 is 1.21 bits per heavy atom. The molecular weight excluding hydrogens is 366 g/mol. The van der Waals surface area contributed by atoms with E-state index in [4.69, 9.17) is 9.72 Å². The number of amides is 1. The van der Waals surface area contributed by atoms with Gasteiger partial charge >= 0.3 is 0 Å². The molecule has 2 atom stereocenters. The topological polar surface area (TPSA) is 80.2 Å². The summed E-state index contributed by atoms with van der Waals surface area (Å²) in [6.07, 6.45) is 9.37. The lowest BCUT2D eigenvalue weighted by molar-refractivity contribution is -0.136. The van der Waals surface area contributed by atoms with E-state index >= 15 is 0 Å². The highest BCUT2D eigenvalue weighted by Gasteiger charge is 2.28. The van der Waals surface area contributed by atoms with E-state index in [0.29, 0.717) is 18.8 Å². The molecular formula is C22H29N5O2. The van der Waals surface area contributed by atoms with Crippen LogP contribution < -0.4 is 5.32 Å². The molecule has 0 bridgehead atoms. The molecule has 154 valence electrons. The van der Waals surface area contributed by atoms with Crippen LogP contribution in [0.3, 0.4) is 0 Å². The maximum Gasteiger partial charge on any atom is 0.225 e. The van der Waals surface area contributed by atoms with Crippen LogP contribution in [0, 0.1) is 0 Å². The first kappa shape index (κ1) is 19.8. The molecule has 7 heteroatoms. The van der Waals surface area contributed by atoms with Gasteiger partial charge in [-0.05, 0) is 44.2 Å². The van der Waals surface area contributed by atoms with E-state index in [1.807, 2.05) is 30.1 Å². The maximum atomic E-state index is 12.8. The van der Waals surface area contributed by atoms with Gasteiger partial charge in [-0.3, -0.25) is 9.78 Å². The van der Waals surface area contributed by atoms with Gasteiger partial charge in [0.25, 0.3) is 0 Å². The standard InChI is InChI=1S/C22H29N5O2/c1-23-20-14-19(25-22(26-20)16-7-9-24-10-8-16)17-5-4-11-27(15-17)21(28)13-18-6-2-3-12-29-18/h7-10,14,17-18H,2-6,11-13,15H2,1H3,(H,23,25,26)/t17-,18+/m0/s1. The fraction of sp³-hybridized carbons (Fsp3) is 0.545. The zero-order chi connectivity index (χ0) is 20.1. The van der Waals surface area contributed by atoms with Gasteiger partial charge in [-0.1, -0.05) is 0 Å². The van der Waals surface area contributed by atoms with E-state index in [0.717, 1.165) is 62.3 Å². The fourth-order valence-corrected chi connectivity index (χ4v) is 4.17. The second-order valence-corrected chi connectivity index (χ2v) is 7.86. The summed E-state index contributed by atoms with van der Waals surface area (Å²) in [7, 11) is 1.86. The Bertz CT molecular complexity index is 823. The first-order valence-corrected chi connectivity index (χ1v) is 10.6. The minimum absolute atomic E-state index is 0.0878. The van der Waals surface area contributed by atoms with E-state index in [2.05, 4.69) is 15.3 Å². The number of rotatable bonds is 5. The number of pyridine rings is 1. The number of aromatic nitrogens is 3. The van der Waals surface area contributed by atoms with Gasteiger partial charge in [0, 0.05) is 56.7 Å². The summed E-state index contributed by atoms with van der Waals surface area (Å²) in [5, 5.41) is 3.14. The van der Waals surface area contributed by atoms with Crippen LogP contribution in [0.25, 0.3) is 11.4 Å². The van der Waals surface area contributed by atoms with E-state index in [-0.39, 0.29) is 17.9 Å². The van der Waals surface area contributed by atoms with E-state index in [1.165, 1.54) is 0 Å². The van der Waals surface area contributed by atoms with Crippen molar-refractivity contribution in [2.75, 3.05) is 32.1 Å². The Balaban J connectivity index is 1.49. The minimum Gasteiger partial charge on any atom is -0.378 e. The zero-order valence-corrected chi connectivity index (χ0v) is 17.0. The number of nitrogens with zero attached hydrogens (tertiary/aromatic N) is 4. The van der Waals surface area contributed by atoms with E-state index in [9.17, 15) is 4.79 Å². The Morgan fingerprint density at radius 2 is 2.07 bits per heavy atom. The van der Waals surface area contributed by atoms with Crippen molar-refractivity contribution >= 4 is 11.7 Å². The van der Waals surface area contributed by atoms with Crippen LogP contribution in [-0.2, 0) is 9.53 Å². The molecule has 1 amide bonds. The molecule has 2 aliphatic heterocycles. The number of anilines is 1. The third-order valence-electron chi connectivity index (χ3n) is 5.81. The molecule has 7 nitrogen and oxygen atoms in total. The molecule has 0 aliphatic carbocycles. The lowest BCUT2D eigenvalue weighted by Crippen LogP contribution is -2.41. The predicted octanol–water partition coefficient (Wildman–Crippen LogP) is 3.25. The SMILES string of the molecule is CNc1cc([C@H]2CCCN(C(=O)C[C@H]3CCCCO3)C2)nc(-c2ccncc2)n1. The lowest BCUT2D eigenvalue weighted by atomic mass is 9.93. The summed E-state index contributed by atoms with van der Waals surface area (Å²) in [5.74, 6) is 1.91. The van der Waals surface area contributed by atoms with Crippen molar-refractivity contribution in [2.24, 2.45) is 0 Å². The van der Waals surface area contributed by atoms with E-state index in [1.54, 1.807) is 12.4 Å². The quantitative estimate of drug-likeness (QED) is 0.837. The third-order valence-corrected chi connectivity index (χ3v) is 5.81. The number of carbonyl (C=O) groups is 1. The molecule has 0 spiro atoms. The smallest absolute Gasteiger partial charge is 0.225 e. The number of nitrogens with one attached hydrogen (secondary N) is 1. The summed E-state index contributed by atoms with van der Waals surface area (Å²) in [6.45, 7) is 2.32. The molecule has 4 heterocycles. The summed E-state index contributed by atoms with van der Waals surface area (Å²) < 4.78 is 5.76. The van der Waals surface area contributed by atoms with Crippen LogP contribution in [0.15, 0.2) is 30.6 Å². The molecule has 0 saturated carbocycles. The first-order valence-electron chi connectivity index (χ1n) is 10.6. The van der Waals surface area contributed by atoms with Gasteiger partial charge in [0.05, 0.1) is 18.2 Å². The summed E-state index contributed by atoms with van der Waals surface area (Å²) >= 11 is 0. The zero-order valence-electron chi connectivity index (χ0n) is 17.0. The number of ether oxygens (including phenoxy) is 1. The summed E-state index contributed by atoms with van der Waals surface area (Å²) in [6, 6.07) is 5.84. The van der Waals surface area contributed by atoms with Crippen molar-refractivity contribution in [1.29, 1.82) is 0 Å². The molecule has 4 rings (SSSR count). The molecule has 0 unspecified atom stereocenters. The van der Waals surface area contributed by atoms with Crippen molar-refractivity contribution in [1.82, 2.24) is 19.9 Å². The molecule has 2 aromatic heterocycles. The molecule has 0 radical (unpaired) electrons. The lowest BCUT2D eigenvalue weighted by Gasteiger charge is -2.34. The van der Waals surface area contributed by atoms with Gasteiger partial charge in [0.15, 0.2) is 5.82 Å². The Morgan fingerprint density at radius 3 is 2.83 bits per heavy atom. The second kappa shape index (κ2) is 9.31. The number of carbonyl (C=O) groups excluding carboxylic acids is 1. The number of piperidine rings is 1. The van der Waals surface area contributed by atoms with Crippen LogP contribution in [0.5, 0.6) is 0 Å². The largest absolute Gasteiger partial charge is 0.378 e. The monoisotopic (exact) mass is 395 g/mol. The highest BCUT2D eigenvalue weighted by Crippen LogP contribution is 2.29. The fourth-order valence-electron chi connectivity index (χ4n) is 4.17. The van der Waals surface area contributed by atoms with Crippen molar-refractivity contribution < 1.29 is 9.53 Å². The van der Waals surface area contributed by atoms with Gasteiger partial charge in [0.2, 0.25) is 5.91 Å². The van der Waals surface area contributed by atoms with Crippen molar-refractivity contribution in [2.45, 2.75) is 50.5 Å². The number of hydrogen-bond donors (Lipinski definition) is 1. The molecule has 2 aromatic rings. The summed E-state index contributed by atoms with van der Waals surface area (Å²) in [4.78, 5) is 28.4. The predicted molar refractivity (Wildman–Crippen MR) is 112 cm³/mol. The van der Waals surface area contributed by atoms with Crippen LogP contribution in [0.1, 0.15) is 50.1 Å². The molecule has 1 N–H and O–H groups in total. The van der Waals surface area contributed by atoms with Crippen LogP contribution in [-0.4, -0.2) is 58.6 Å². The number of hydrogen-bond acceptors (Lipinski definition) is 6. The van der Waals surface area contributed by atoms with Crippen LogP contribution in [0.4, 0.5) is 5.82 Å². The van der Waals surface area contributed by atoms with Gasteiger partial charge in [-0.25, -0.2) is 9.97 Å². The Kier molecular flexibility index (Phi) is 6.34. The highest BCUT2D eigenvalue weighted by atomic mass is 16.5. The molecule has 2 aliphatic rings. The normalized spacial score (nSPS) is 22.3. The summed E-state index contributed by atoms with van der Waals surface area (Å²) in [5.41, 5.74) is 1.93. The van der Waals surface area contributed by atoms with Gasteiger partial charge in [-0.15, -0.1) is 0 Å². The first-order chi connectivity index (χ1) is 14.2. The Hall–Kier alpha value is -2.54. The van der Waals surface area contributed by atoms with Crippen molar-refractivity contribution in [3.8, 4) is 11.4 Å². The van der Waals surface area contributed by atoms with Gasteiger partial charge in [0.1, 0.15) is 5.82 Å². The average Bonchev–Trinajstić information content (AvgIpc) is 2.80. The molecule has 2 saturated heterocycles. The van der Waals surface area contributed by atoms with Gasteiger partial charge in [-0.2, -0.15) is 0 Å². The number of likely N-dealkylation sites (tertiary alicyclic amines) is 1. The van der Waals surface area contributed by atoms with Crippen LogP contribution in [0.2, 0.25) is 0 Å². The molecule has 29 heavy (non-hydrogen) atoms. The maximum absolute atomic E-state index is 12.8. The second-order valence-electron chi connectivity index (χ2n) is 7.86. The average molecular weight is 396 g/mol.